The van der Waals surface area contributed by atoms with E-state index < -0.39 is 23.8 Å². The van der Waals surface area contributed by atoms with Gasteiger partial charge in [-0.3, -0.25) is 4.79 Å². The van der Waals surface area contributed by atoms with Crippen molar-refractivity contribution in [2.75, 3.05) is 0 Å². The largest absolute Gasteiger partial charge is 0.478 e. The third kappa shape index (κ3) is 5.56. The van der Waals surface area contributed by atoms with Crippen molar-refractivity contribution in [1.29, 1.82) is 0 Å². The predicted octanol–water partition coefficient (Wildman–Crippen LogP) is 6.35. The van der Waals surface area contributed by atoms with E-state index in [0.717, 1.165) is 23.1 Å². The molecular formula is C30H23F3N4O3. The van der Waals surface area contributed by atoms with Crippen LogP contribution in [-0.4, -0.2) is 31.5 Å². The van der Waals surface area contributed by atoms with Gasteiger partial charge in [0.1, 0.15) is 0 Å². The van der Waals surface area contributed by atoms with E-state index in [0.29, 0.717) is 28.0 Å². The molecule has 2 aromatic heterocycles. The molecule has 0 aliphatic heterocycles. The van der Waals surface area contributed by atoms with E-state index in [-0.39, 0.29) is 18.0 Å². The molecule has 1 amide bonds. The zero-order valence-corrected chi connectivity index (χ0v) is 21.2. The van der Waals surface area contributed by atoms with Gasteiger partial charge in [0.05, 0.1) is 28.2 Å². The molecule has 0 fully saturated rings. The highest BCUT2D eigenvalue weighted by Gasteiger charge is 2.30. The molecular weight excluding hydrogens is 521 g/mol. The fraction of sp³-hybridized carbons (Fsp3) is 0.133. The summed E-state index contributed by atoms with van der Waals surface area (Å²) in [7, 11) is 0. The highest BCUT2D eigenvalue weighted by Crippen LogP contribution is 2.31. The third-order valence-corrected chi connectivity index (χ3v) is 6.57. The molecule has 0 aliphatic rings. The Morgan fingerprint density at radius 2 is 1.65 bits per heavy atom. The number of carbonyl (C=O) groups is 2. The lowest BCUT2D eigenvalue weighted by Gasteiger charge is -2.17. The number of carbonyl (C=O) groups excluding carboxylic acids is 1. The van der Waals surface area contributed by atoms with E-state index in [2.05, 4.69) is 15.3 Å². The zero-order chi connectivity index (χ0) is 28.4. The maximum atomic E-state index is 13.7. The minimum Gasteiger partial charge on any atom is -0.478 e. The number of carboxylic acid groups (broad SMARTS) is 1. The minimum absolute atomic E-state index is 0.139. The van der Waals surface area contributed by atoms with E-state index in [1.807, 2.05) is 16.7 Å². The van der Waals surface area contributed by atoms with Crippen molar-refractivity contribution in [1.82, 2.24) is 19.9 Å². The normalized spacial score (nSPS) is 12.3. The Morgan fingerprint density at radius 3 is 2.27 bits per heavy atom. The Morgan fingerprint density at radius 1 is 0.975 bits per heavy atom. The van der Waals surface area contributed by atoms with Gasteiger partial charge in [-0.15, -0.1) is 0 Å². The molecule has 5 rings (SSSR count). The molecule has 40 heavy (non-hydrogen) atoms. The second-order valence-electron chi connectivity index (χ2n) is 9.29. The number of nitrogens with one attached hydrogen (secondary N) is 1. The smallest absolute Gasteiger partial charge is 0.416 e. The molecule has 202 valence electrons. The molecule has 2 heterocycles. The van der Waals surface area contributed by atoms with Gasteiger partial charge in [0.2, 0.25) is 0 Å². The van der Waals surface area contributed by atoms with Crippen molar-refractivity contribution in [2.45, 2.75) is 25.7 Å². The number of hydrogen-bond donors (Lipinski definition) is 2. The number of aromatic nitrogens is 3. The monoisotopic (exact) mass is 544 g/mol. The molecule has 10 heteroatoms. The van der Waals surface area contributed by atoms with Crippen LogP contribution in [0, 0.1) is 0 Å². The number of amides is 1. The summed E-state index contributed by atoms with van der Waals surface area (Å²) in [4.78, 5) is 33.5. The fourth-order valence-corrected chi connectivity index (χ4v) is 4.50. The molecule has 1 atom stereocenters. The number of rotatable bonds is 7. The van der Waals surface area contributed by atoms with E-state index in [1.54, 1.807) is 49.8 Å². The highest BCUT2D eigenvalue weighted by atomic mass is 19.4. The number of fused-ring (bicyclic) bond motifs is 1. The molecule has 0 unspecified atom stereocenters. The Hall–Kier alpha value is -4.99. The standard InChI is InChI=1S/C30H23F3N4O3/c1-18(20-5-7-21(8-6-20)29(39)40)36-28(38)25-16-23(27-34-12-2-13-35-27)15-22-11-14-37(26(22)25)17-19-3-9-24(10-4-19)30(31,32)33/h2-16,18H,17H2,1H3,(H,36,38)(H,39,40)/t18-/m0/s1. The first kappa shape index (κ1) is 26.6. The number of carboxylic acids is 1. The maximum Gasteiger partial charge on any atom is 0.416 e. The topological polar surface area (TPSA) is 97.1 Å². The summed E-state index contributed by atoms with van der Waals surface area (Å²) in [5, 5.41) is 12.9. The number of benzene rings is 3. The highest BCUT2D eigenvalue weighted by molar-refractivity contribution is 6.07. The SMILES string of the molecule is C[C@H](NC(=O)c1cc(-c2ncccn2)cc2ccn(Cc3ccc(C(F)(F)F)cc3)c12)c1ccc(C(=O)O)cc1. The summed E-state index contributed by atoms with van der Waals surface area (Å²) in [6.07, 6.45) is 0.559. The lowest BCUT2D eigenvalue weighted by molar-refractivity contribution is -0.137. The number of aromatic carboxylic acids is 1. The van der Waals surface area contributed by atoms with Crippen molar-refractivity contribution >= 4 is 22.8 Å². The van der Waals surface area contributed by atoms with Gasteiger partial charge in [0.25, 0.3) is 5.91 Å². The number of halogens is 3. The summed E-state index contributed by atoms with van der Waals surface area (Å²) in [5.74, 6) is -0.990. The molecule has 7 nitrogen and oxygen atoms in total. The number of alkyl halides is 3. The minimum atomic E-state index is -4.43. The third-order valence-electron chi connectivity index (χ3n) is 6.57. The molecule has 2 N–H and O–H groups in total. The first-order valence-electron chi connectivity index (χ1n) is 12.3. The first-order chi connectivity index (χ1) is 19.1. The van der Waals surface area contributed by atoms with Gasteiger partial charge >= 0.3 is 12.1 Å². The van der Waals surface area contributed by atoms with E-state index in [4.69, 9.17) is 5.11 Å². The zero-order valence-electron chi connectivity index (χ0n) is 21.2. The van der Waals surface area contributed by atoms with Crippen LogP contribution >= 0.6 is 0 Å². The van der Waals surface area contributed by atoms with Gasteiger partial charge in [-0.25, -0.2) is 14.8 Å². The average Bonchev–Trinajstić information content (AvgIpc) is 3.35. The molecule has 3 aromatic carbocycles. The number of hydrogen-bond acceptors (Lipinski definition) is 4. The molecule has 0 aliphatic carbocycles. The molecule has 0 bridgehead atoms. The van der Waals surface area contributed by atoms with Gasteiger partial charge in [-0.05, 0) is 66.6 Å². The summed E-state index contributed by atoms with van der Waals surface area (Å²) < 4.78 is 40.9. The Bertz CT molecular complexity index is 1680. The number of nitrogens with zero attached hydrogens (tertiary/aromatic N) is 3. The molecule has 0 radical (unpaired) electrons. The van der Waals surface area contributed by atoms with Gasteiger partial charge in [-0.1, -0.05) is 24.3 Å². The van der Waals surface area contributed by atoms with Crippen molar-refractivity contribution < 1.29 is 27.9 Å². The second kappa shape index (κ2) is 10.6. The van der Waals surface area contributed by atoms with Gasteiger partial charge in [0, 0.05) is 36.1 Å². The van der Waals surface area contributed by atoms with Crippen LogP contribution in [0.3, 0.4) is 0 Å². The van der Waals surface area contributed by atoms with Gasteiger partial charge in [0.15, 0.2) is 5.82 Å². The van der Waals surface area contributed by atoms with Crippen molar-refractivity contribution in [3.05, 3.63) is 119 Å². The van der Waals surface area contributed by atoms with Crippen LogP contribution in [0.4, 0.5) is 13.2 Å². The van der Waals surface area contributed by atoms with Crippen LogP contribution in [0.5, 0.6) is 0 Å². The fourth-order valence-electron chi connectivity index (χ4n) is 4.50. The van der Waals surface area contributed by atoms with E-state index in [1.165, 1.54) is 24.3 Å². The van der Waals surface area contributed by atoms with Crippen molar-refractivity contribution in [3.63, 3.8) is 0 Å². The lowest BCUT2D eigenvalue weighted by atomic mass is 10.0. The second-order valence-corrected chi connectivity index (χ2v) is 9.29. The molecule has 0 saturated heterocycles. The van der Waals surface area contributed by atoms with Crippen LogP contribution < -0.4 is 5.32 Å². The Kier molecular flexibility index (Phi) is 7.08. The molecule has 0 saturated carbocycles. The van der Waals surface area contributed by atoms with Crippen molar-refractivity contribution in [3.8, 4) is 11.4 Å². The first-order valence-corrected chi connectivity index (χ1v) is 12.3. The summed E-state index contributed by atoms with van der Waals surface area (Å²) in [6.45, 7) is 2.03. The predicted molar refractivity (Wildman–Crippen MR) is 143 cm³/mol. The quantitative estimate of drug-likeness (QED) is 0.249. The van der Waals surface area contributed by atoms with Crippen LogP contribution in [0.15, 0.2) is 91.4 Å². The summed E-state index contributed by atoms with van der Waals surface area (Å²) >= 11 is 0. The lowest BCUT2D eigenvalue weighted by Crippen LogP contribution is -2.27. The summed E-state index contributed by atoms with van der Waals surface area (Å²) in [5.41, 5.74) is 2.34. The average molecular weight is 545 g/mol. The Labute approximate surface area is 226 Å². The molecule has 0 spiro atoms. The van der Waals surface area contributed by atoms with Crippen molar-refractivity contribution in [2.24, 2.45) is 0 Å². The van der Waals surface area contributed by atoms with E-state index >= 15 is 0 Å². The Balaban J connectivity index is 1.52. The van der Waals surface area contributed by atoms with Gasteiger partial charge in [-0.2, -0.15) is 13.2 Å². The van der Waals surface area contributed by atoms with Crippen LogP contribution in [0.1, 0.15) is 50.4 Å². The van der Waals surface area contributed by atoms with Crippen LogP contribution in [0.2, 0.25) is 0 Å². The maximum absolute atomic E-state index is 13.7. The molecule has 5 aromatic rings. The van der Waals surface area contributed by atoms with Crippen LogP contribution in [-0.2, 0) is 12.7 Å². The van der Waals surface area contributed by atoms with E-state index in [9.17, 15) is 22.8 Å². The summed E-state index contributed by atoms with van der Waals surface area (Å²) in [6, 6.07) is 17.8. The van der Waals surface area contributed by atoms with Crippen LogP contribution in [0.25, 0.3) is 22.3 Å². The van der Waals surface area contributed by atoms with Gasteiger partial charge < -0.3 is 15.0 Å².